The highest BCUT2D eigenvalue weighted by atomic mass is 16.5. The highest BCUT2D eigenvalue weighted by Crippen LogP contribution is 2.28. The van der Waals surface area contributed by atoms with Gasteiger partial charge < -0.3 is 19.9 Å². The van der Waals surface area contributed by atoms with E-state index in [9.17, 15) is 4.79 Å². The van der Waals surface area contributed by atoms with E-state index in [4.69, 9.17) is 10.00 Å². The van der Waals surface area contributed by atoms with Crippen molar-refractivity contribution < 1.29 is 9.53 Å². The molecule has 9 nitrogen and oxygen atoms in total. The minimum absolute atomic E-state index is 0.0140. The Bertz CT molecular complexity index is 828. The van der Waals surface area contributed by atoms with Gasteiger partial charge >= 0.3 is 0 Å². The van der Waals surface area contributed by atoms with Gasteiger partial charge in [-0.1, -0.05) is 0 Å². The van der Waals surface area contributed by atoms with E-state index in [1.807, 2.05) is 11.6 Å². The van der Waals surface area contributed by atoms with Gasteiger partial charge in [0.15, 0.2) is 0 Å². The molecule has 0 spiro atoms. The smallest absolute Gasteiger partial charge is 0.223 e. The van der Waals surface area contributed by atoms with Gasteiger partial charge in [0.25, 0.3) is 0 Å². The Labute approximate surface area is 164 Å². The standard InChI is InChI=1S/C19H25N7O2/c1-26-12-23-25-18(26)7-8-21-19(27)14-4-5-16(28-2)15(9-14)24-17-6-3-13(10-20)11-22-17/h3,6,11-12,14-16H,4-5,7-9H2,1-2H3,(H,21,27)(H,22,24)/t14-,15+,16+/m0/s1. The van der Waals surface area contributed by atoms with E-state index in [2.05, 4.69) is 31.9 Å². The Balaban J connectivity index is 1.54. The molecule has 0 aliphatic heterocycles. The Kier molecular flexibility index (Phi) is 6.55. The maximum absolute atomic E-state index is 12.6. The lowest BCUT2D eigenvalue weighted by molar-refractivity contribution is -0.126. The molecule has 2 aromatic heterocycles. The van der Waals surface area contributed by atoms with Crippen molar-refractivity contribution in [1.82, 2.24) is 25.1 Å². The highest BCUT2D eigenvalue weighted by Gasteiger charge is 2.34. The molecule has 1 aliphatic carbocycles. The van der Waals surface area contributed by atoms with Crippen molar-refractivity contribution in [2.75, 3.05) is 19.0 Å². The first-order chi connectivity index (χ1) is 13.6. The van der Waals surface area contributed by atoms with Crippen LogP contribution in [0.3, 0.4) is 0 Å². The number of hydrogen-bond donors (Lipinski definition) is 2. The monoisotopic (exact) mass is 383 g/mol. The lowest BCUT2D eigenvalue weighted by Gasteiger charge is -2.35. The predicted molar refractivity (Wildman–Crippen MR) is 102 cm³/mol. The maximum atomic E-state index is 12.6. The number of hydrogen-bond acceptors (Lipinski definition) is 7. The molecule has 1 amide bonds. The zero-order valence-electron chi connectivity index (χ0n) is 16.1. The Hall–Kier alpha value is -2.99. The van der Waals surface area contributed by atoms with Crippen LogP contribution in [0.15, 0.2) is 24.7 Å². The molecule has 0 radical (unpaired) electrons. The topological polar surface area (TPSA) is 118 Å². The number of ether oxygens (including phenoxy) is 1. The zero-order chi connectivity index (χ0) is 19.9. The number of carbonyl (C=O) groups is 1. The van der Waals surface area contributed by atoms with Crippen molar-refractivity contribution in [3.05, 3.63) is 36.0 Å². The van der Waals surface area contributed by atoms with Gasteiger partial charge in [-0.25, -0.2) is 4.98 Å². The number of nitrogens with zero attached hydrogens (tertiary/aromatic N) is 5. The van der Waals surface area contributed by atoms with Crippen LogP contribution in [0.25, 0.3) is 0 Å². The van der Waals surface area contributed by atoms with E-state index in [-0.39, 0.29) is 24.0 Å². The molecule has 1 fully saturated rings. The van der Waals surface area contributed by atoms with Crippen molar-refractivity contribution in [1.29, 1.82) is 5.26 Å². The van der Waals surface area contributed by atoms with Crippen LogP contribution < -0.4 is 10.6 Å². The summed E-state index contributed by atoms with van der Waals surface area (Å²) in [7, 11) is 3.57. The van der Waals surface area contributed by atoms with Crippen LogP contribution >= 0.6 is 0 Å². The fourth-order valence-corrected chi connectivity index (χ4v) is 3.53. The third-order valence-corrected chi connectivity index (χ3v) is 5.14. The molecule has 3 atom stereocenters. The maximum Gasteiger partial charge on any atom is 0.223 e. The van der Waals surface area contributed by atoms with Gasteiger partial charge in [-0.3, -0.25) is 4.79 Å². The molecule has 1 aliphatic rings. The van der Waals surface area contributed by atoms with Crippen molar-refractivity contribution in [2.24, 2.45) is 13.0 Å². The van der Waals surface area contributed by atoms with Gasteiger partial charge in [-0.2, -0.15) is 5.26 Å². The minimum atomic E-state index is -0.0817. The third kappa shape index (κ3) is 4.84. The van der Waals surface area contributed by atoms with Crippen LogP contribution in [0, 0.1) is 17.2 Å². The van der Waals surface area contributed by atoms with Gasteiger partial charge in [0.05, 0.1) is 17.7 Å². The summed E-state index contributed by atoms with van der Waals surface area (Å²) in [5.41, 5.74) is 0.512. The van der Waals surface area contributed by atoms with Gasteiger partial charge in [0.2, 0.25) is 5.91 Å². The van der Waals surface area contributed by atoms with Crippen molar-refractivity contribution in [3.8, 4) is 6.07 Å². The lowest BCUT2D eigenvalue weighted by atomic mass is 9.83. The number of carbonyl (C=O) groups excluding carboxylic acids is 1. The van der Waals surface area contributed by atoms with Gasteiger partial charge in [-0.15, -0.1) is 10.2 Å². The van der Waals surface area contributed by atoms with Gasteiger partial charge in [0.1, 0.15) is 24.0 Å². The molecule has 2 N–H and O–H groups in total. The van der Waals surface area contributed by atoms with E-state index < -0.39 is 0 Å². The minimum Gasteiger partial charge on any atom is -0.379 e. The van der Waals surface area contributed by atoms with Crippen LogP contribution in [0.1, 0.15) is 30.7 Å². The van der Waals surface area contributed by atoms with Crippen LogP contribution in [0.2, 0.25) is 0 Å². The molecule has 3 rings (SSSR count). The summed E-state index contributed by atoms with van der Waals surface area (Å²) in [5.74, 6) is 1.49. The summed E-state index contributed by atoms with van der Waals surface area (Å²) in [4.78, 5) is 16.9. The number of methoxy groups -OCH3 is 1. The molecule has 9 heteroatoms. The number of pyridine rings is 1. The normalized spacial score (nSPS) is 21.7. The van der Waals surface area contributed by atoms with Gasteiger partial charge in [0, 0.05) is 39.2 Å². The van der Waals surface area contributed by atoms with Crippen LogP contribution in [-0.2, 0) is 23.0 Å². The molecule has 148 valence electrons. The molecule has 2 aromatic rings. The first kappa shape index (κ1) is 19.8. The average molecular weight is 383 g/mol. The summed E-state index contributed by atoms with van der Waals surface area (Å²) in [5, 5.41) is 23.1. The fourth-order valence-electron chi connectivity index (χ4n) is 3.53. The fraction of sp³-hybridized carbons (Fsp3) is 0.526. The molecular weight excluding hydrogens is 358 g/mol. The highest BCUT2D eigenvalue weighted by molar-refractivity contribution is 5.78. The average Bonchev–Trinajstić information content (AvgIpc) is 3.13. The number of aryl methyl sites for hydroxylation is 1. The quantitative estimate of drug-likeness (QED) is 0.733. The number of anilines is 1. The second-order valence-electron chi connectivity index (χ2n) is 6.98. The largest absolute Gasteiger partial charge is 0.379 e. The first-order valence-corrected chi connectivity index (χ1v) is 9.36. The van der Waals surface area contributed by atoms with E-state index in [1.165, 1.54) is 6.20 Å². The SMILES string of the molecule is CO[C@@H]1CC[C@H](C(=O)NCCc2nncn2C)C[C@H]1Nc1ccc(C#N)cn1. The predicted octanol–water partition coefficient (Wildman–Crippen LogP) is 1.04. The van der Waals surface area contributed by atoms with Crippen LogP contribution in [0.4, 0.5) is 5.82 Å². The van der Waals surface area contributed by atoms with Crippen molar-refractivity contribution in [2.45, 2.75) is 37.8 Å². The molecule has 0 unspecified atom stereocenters. The van der Waals surface area contributed by atoms with Crippen LogP contribution in [-0.4, -0.2) is 51.5 Å². The molecule has 0 aromatic carbocycles. The molecular formula is C19H25N7O2. The summed E-state index contributed by atoms with van der Waals surface area (Å²) >= 11 is 0. The number of nitriles is 1. The Morgan fingerprint density at radius 1 is 1.43 bits per heavy atom. The van der Waals surface area contributed by atoms with E-state index in [0.29, 0.717) is 30.8 Å². The summed E-state index contributed by atoms with van der Waals surface area (Å²) < 4.78 is 7.45. The second-order valence-corrected chi connectivity index (χ2v) is 6.98. The molecule has 0 bridgehead atoms. The zero-order valence-corrected chi connectivity index (χ0v) is 16.1. The second kappa shape index (κ2) is 9.28. The summed E-state index contributed by atoms with van der Waals surface area (Å²) in [6, 6.07) is 5.53. The van der Waals surface area contributed by atoms with E-state index in [0.717, 1.165) is 18.7 Å². The molecule has 2 heterocycles. The summed E-state index contributed by atoms with van der Waals surface area (Å²) in [6.45, 7) is 0.533. The third-order valence-electron chi connectivity index (χ3n) is 5.14. The van der Waals surface area contributed by atoms with Gasteiger partial charge in [-0.05, 0) is 31.4 Å². The number of rotatable bonds is 7. The summed E-state index contributed by atoms with van der Waals surface area (Å²) in [6.07, 6.45) is 6.09. The molecule has 28 heavy (non-hydrogen) atoms. The lowest BCUT2D eigenvalue weighted by Crippen LogP contribution is -2.45. The first-order valence-electron chi connectivity index (χ1n) is 9.36. The van der Waals surface area contributed by atoms with Crippen molar-refractivity contribution in [3.63, 3.8) is 0 Å². The van der Waals surface area contributed by atoms with E-state index >= 15 is 0 Å². The Morgan fingerprint density at radius 3 is 2.93 bits per heavy atom. The Morgan fingerprint density at radius 2 is 2.29 bits per heavy atom. The number of nitrogens with one attached hydrogen (secondary N) is 2. The number of aromatic nitrogens is 4. The van der Waals surface area contributed by atoms with Crippen molar-refractivity contribution >= 4 is 11.7 Å². The van der Waals surface area contributed by atoms with Crippen LogP contribution in [0.5, 0.6) is 0 Å². The van der Waals surface area contributed by atoms with E-state index in [1.54, 1.807) is 25.6 Å². The molecule has 1 saturated carbocycles. The molecule has 0 saturated heterocycles. The number of amides is 1.